The molecule has 0 atom stereocenters. The Bertz CT molecular complexity index is 582. The topological polar surface area (TPSA) is 85.1 Å². The first-order valence-electron chi connectivity index (χ1n) is 5.28. The zero-order valence-electron chi connectivity index (χ0n) is 9.46. The van der Waals surface area contributed by atoms with Gasteiger partial charge in [0.15, 0.2) is 5.78 Å². The number of nitrogens with two attached hydrogens (primary N) is 1. The number of hydrazine groups is 1. The standard InChI is InChI=1S/C13H11N3O2/c14-16-13(18)11-4-2-1-3-10(11)12(17)9-5-7-15-8-6-9/h1-8H,14H2,(H,16,18). The van der Waals surface area contributed by atoms with Crippen LogP contribution in [0.5, 0.6) is 0 Å². The summed E-state index contributed by atoms with van der Waals surface area (Å²) in [7, 11) is 0. The summed E-state index contributed by atoms with van der Waals surface area (Å²) in [6, 6.07) is 9.71. The molecule has 0 spiro atoms. The van der Waals surface area contributed by atoms with Crippen LogP contribution in [0.25, 0.3) is 0 Å². The first kappa shape index (κ1) is 11.9. The molecule has 5 heteroatoms. The van der Waals surface area contributed by atoms with Gasteiger partial charge in [-0.3, -0.25) is 20.0 Å². The van der Waals surface area contributed by atoms with Gasteiger partial charge in [0, 0.05) is 23.5 Å². The molecule has 0 aliphatic rings. The fourth-order valence-electron chi connectivity index (χ4n) is 1.62. The van der Waals surface area contributed by atoms with E-state index in [1.165, 1.54) is 12.4 Å². The van der Waals surface area contributed by atoms with Crippen LogP contribution in [0.15, 0.2) is 48.8 Å². The molecule has 0 aliphatic carbocycles. The molecule has 2 rings (SSSR count). The quantitative estimate of drug-likeness (QED) is 0.362. The Kier molecular flexibility index (Phi) is 3.45. The molecule has 3 N–H and O–H groups in total. The van der Waals surface area contributed by atoms with E-state index in [9.17, 15) is 9.59 Å². The molecular weight excluding hydrogens is 230 g/mol. The number of rotatable bonds is 3. The van der Waals surface area contributed by atoms with Crippen molar-refractivity contribution in [1.29, 1.82) is 0 Å². The van der Waals surface area contributed by atoms with Crippen molar-refractivity contribution >= 4 is 11.7 Å². The van der Waals surface area contributed by atoms with Gasteiger partial charge >= 0.3 is 0 Å². The molecule has 90 valence electrons. The minimum absolute atomic E-state index is 0.239. The van der Waals surface area contributed by atoms with E-state index in [1.54, 1.807) is 36.4 Å². The van der Waals surface area contributed by atoms with Crippen molar-refractivity contribution in [2.24, 2.45) is 5.84 Å². The lowest BCUT2D eigenvalue weighted by Gasteiger charge is -2.06. The van der Waals surface area contributed by atoms with Gasteiger partial charge in [0.25, 0.3) is 5.91 Å². The van der Waals surface area contributed by atoms with Crippen LogP contribution in [0.4, 0.5) is 0 Å². The number of nitrogen functional groups attached to an aromatic ring is 1. The van der Waals surface area contributed by atoms with Gasteiger partial charge in [0.2, 0.25) is 0 Å². The smallest absolute Gasteiger partial charge is 0.265 e. The van der Waals surface area contributed by atoms with E-state index in [4.69, 9.17) is 5.84 Å². The maximum absolute atomic E-state index is 12.2. The number of amides is 1. The third kappa shape index (κ3) is 2.26. The van der Waals surface area contributed by atoms with Gasteiger partial charge in [-0.2, -0.15) is 0 Å². The van der Waals surface area contributed by atoms with E-state index in [0.717, 1.165) is 0 Å². The first-order valence-corrected chi connectivity index (χ1v) is 5.28. The molecular formula is C13H11N3O2. The number of benzene rings is 1. The highest BCUT2D eigenvalue weighted by Gasteiger charge is 2.16. The zero-order chi connectivity index (χ0) is 13.0. The van der Waals surface area contributed by atoms with Crippen molar-refractivity contribution in [1.82, 2.24) is 10.4 Å². The molecule has 0 aliphatic heterocycles. The van der Waals surface area contributed by atoms with Crippen molar-refractivity contribution in [2.75, 3.05) is 0 Å². The summed E-state index contributed by atoms with van der Waals surface area (Å²) < 4.78 is 0. The summed E-state index contributed by atoms with van der Waals surface area (Å²) in [5, 5.41) is 0. The van der Waals surface area contributed by atoms with Gasteiger partial charge in [-0.15, -0.1) is 0 Å². The molecule has 0 unspecified atom stereocenters. The molecule has 1 heterocycles. The van der Waals surface area contributed by atoms with Crippen molar-refractivity contribution in [3.8, 4) is 0 Å². The van der Waals surface area contributed by atoms with Crippen LogP contribution >= 0.6 is 0 Å². The molecule has 1 amide bonds. The number of nitrogens with zero attached hydrogens (tertiary/aromatic N) is 1. The molecule has 1 aromatic heterocycles. The van der Waals surface area contributed by atoms with Crippen LogP contribution in [0, 0.1) is 0 Å². The largest absolute Gasteiger partial charge is 0.290 e. The second-order valence-electron chi connectivity index (χ2n) is 3.58. The lowest BCUT2D eigenvalue weighted by molar-refractivity contribution is 0.0942. The SMILES string of the molecule is NNC(=O)c1ccccc1C(=O)c1ccncc1. The average Bonchev–Trinajstić information content (AvgIpc) is 2.46. The van der Waals surface area contributed by atoms with Crippen LogP contribution in [0.1, 0.15) is 26.3 Å². The Labute approximate surface area is 104 Å². The summed E-state index contributed by atoms with van der Waals surface area (Å²) in [4.78, 5) is 27.7. The molecule has 0 fully saturated rings. The average molecular weight is 241 g/mol. The summed E-state index contributed by atoms with van der Waals surface area (Å²) in [6.45, 7) is 0. The summed E-state index contributed by atoms with van der Waals surface area (Å²) >= 11 is 0. The lowest BCUT2D eigenvalue weighted by Crippen LogP contribution is -2.31. The van der Waals surface area contributed by atoms with Gasteiger partial charge < -0.3 is 0 Å². The van der Waals surface area contributed by atoms with E-state index < -0.39 is 5.91 Å². The number of pyridine rings is 1. The van der Waals surface area contributed by atoms with Crippen molar-refractivity contribution in [3.63, 3.8) is 0 Å². The van der Waals surface area contributed by atoms with Crippen LogP contribution in [-0.2, 0) is 0 Å². The van der Waals surface area contributed by atoms with Gasteiger partial charge in [-0.25, -0.2) is 5.84 Å². The molecule has 2 aromatic rings. The number of hydrogen-bond donors (Lipinski definition) is 2. The third-order valence-electron chi connectivity index (χ3n) is 2.49. The second-order valence-corrected chi connectivity index (χ2v) is 3.58. The normalized spacial score (nSPS) is 9.83. The number of aromatic nitrogens is 1. The van der Waals surface area contributed by atoms with E-state index in [0.29, 0.717) is 11.1 Å². The fourth-order valence-corrected chi connectivity index (χ4v) is 1.62. The van der Waals surface area contributed by atoms with Crippen LogP contribution in [0.3, 0.4) is 0 Å². The van der Waals surface area contributed by atoms with Crippen LogP contribution < -0.4 is 11.3 Å². The first-order chi connectivity index (χ1) is 8.74. The van der Waals surface area contributed by atoms with Crippen LogP contribution in [0.2, 0.25) is 0 Å². The molecule has 0 radical (unpaired) electrons. The molecule has 18 heavy (non-hydrogen) atoms. The predicted octanol–water partition coefficient (Wildman–Crippen LogP) is 0.916. The number of hydrogen-bond acceptors (Lipinski definition) is 4. The predicted molar refractivity (Wildman–Crippen MR) is 65.8 cm³/mol. The summed E-state index contributed by atoms with van der Waals surface area (Å²) in [6.07, 6.45) is 3.05. The maximum atomic E-state index is 12.2. The van der Waals surface area contributed by atoms with Gasteiger partial charge in [-0.1, -0.05) is 18.2 Å². The highest BCUT2D eigenvalue weighted by molar-refractivity contribution is 6.15. The fraction of sp³-hybridized carbons (Fsp3) is 0. The zero-order valence-corrected chi connectivity index (χ0v) is 9.46. The van der Waals surface area contributed by atoms with Gasteiger partial charge in [0.05, 0.1) is 5.56 Å². The number of ketones is 1. The number of nitrogens with one attached hydrogen (secondary N) is 1. The minimum atomic E-state index is -0.493. The summed E-state index contributed by atoms with van der Waals surface area (Å²) in [5.74, 6) is 4.36. The Hall–Kier alpha value is -2.53. The van der Waals surface area contributed by atoms with E-state index in [1.807, 2.05) is 5.43 Å². The monoisotopic (exact) mass is 241 g/mol. The molecule has 0 saturated carbocycles. The van der Waals surface area contributed by atoms with Gasteiger partial charge in [-0.05, 0) is 18.2 Å². The van der Waals surface area contributed by atoms with Crippen molar-refractivity contribution in [3.05, 3.63) is 65.5 Å². The maximum Gasteiger partial charge on any atom is 0.265 e. The highest BCUT2D eigenvalue weighted by Crippen LogP contribution is 2.14. The molecule has 5 nitrogen and oxygen atoms in total. The van der Waals surface area contributed by atoms with Gasteiger partial charge in [0.1, 0.15) is 0 Å². The lowest BCUT2D eigenvalue weighted by atomic mass is 9.99. The summed E-state index contributed by atoms with van der Waals surface area (Å²) in [5.41, 5.74) is 3.06. The highest BCUT2D eigenvalue weighted by atomic mass is 16.2. The van der Waals surface area contributed by atoms with Crippen molar-refractivity contribution < 1.29 is 9.59 Å². The Morgan fingerprint density at radius 3 is 2.22 bits per heavy atom. The second kappa shape index (κ2) is 5.20. The molecule has 1 aromatic carbocycles. The van der Waals surface area contributed by atoms with Crippen LogP contribution in [-0.4, -0.2) is 16.7 Å². The molecule has 0 bridgehead atoms. The Morgan fingerprint density at radius 2 is 1.61 bits per heavy atom. The van der Waals surface area contributed by atoms with E-state index >= 15 is 0 Å². The number of carbonyl (C=O) groups is 2. The Morgan fingerprint density at radius 1 is 1.00 bits per heavy atom. The molecule has 0 saturated heterocycles. The van der Waals surface area contributed by atoms with E-state index in [-0.39, 0.29) is 11.3 Å². The van der Waals surface area contributed by atoms with E-state index in [2.05, 4.69) is 4.98 Å². The Balaban J connectivity index is 2.46. The third-order valence-corrected chi connectivity index (χ3v) is 2.49. The number of carbonyl (C=O) groups excluding carboxylic acids is 2. The minimum Gasteiger partial charge on any atom is -0.290 e. The van der Waals surface area contributed by atoms with Crippen molar-refractivity contribution in [2.45, 2.75) is 0 Å².